The van der Waals surface area contributed by atoms with Crippen LogP contribution in [0.3, 0.4) is 0 Å². The van der Waals surface area contributed by atoms with Crippen molar-refractivity contribution in [2.24, 2.45) is 5.73 Å². The summed E-state index contributed by atoms with van der Waals surface area (Å²) in [5.74, 6) is 0.948. The van der Waals surface area contributed by atoms with Gasteiger partial charge in [0.05, 0.1) is 17.0 Å². The fourth-order valence-electron chi connectivity index (χ4n) is 3.01. The summed E-state index contributed by atoms with van der Waals surface area (Å²) in [6.45, 7) is 0.330. The molecule has 4 rings (SSSR count). The number of alkyl halides is 3. The molecule has 1 aromatic carbocycles. The first-order chi connectivity index (χ1) is 14.7. The van der Waals surface area contributed by atoms with Gasteiger partial charge in [0.15, 0.2) is 11.0 Å². The smallest absolute Gasteiger partial charge is 0.370 e. The lowest BCUT2D eigenvalue weighted by molar-refractivity contribution is -0.137. The predicted octanol–water partition coefficient (Wildman–Crippen LogP) is 2.97. The van der Waals surface area contributed by atoms with Crippen molar-refractivity contribution in [2.45, 2.75) is 48.8 Å². The lowest BCUT2D eigenvalue weighted by Gasteiger charge is -2.14. The van der Waals surface area contributed by atoms with Gasteiger partial charge in [-0.2, -0.15) is 17.9 Å². The molecule has 0 spiro atoms. The topological polar surface area (TPSA) is 117 Å². The van der Waals surface area contributed by atoms with E-state index in [4.69, 9.17) is 17.3 Å². The lowest BCUT2D eigenvalue weighted by Crippen LogP contribution is -2.15. The third-order valence-corrected chi connectivity index (χ3v) is 5.82. The van der Waals surface area contributed by atoms with E-state index in [-0.39, 0.29) is 28.7 Å². The first-order valence-corrected chi connectivity index (χ1v) is 10.6. The molecule has 0 bridgehead atoms. The summed E-state index contributed by atoms with van der Waals surface area (Å²) >= 11 is 6.97. The highest BCUT2D eigenvalue weighted by Crippen LogP contribution is 2.40. The summed E-state index contributed by atoms with van der Waals surface area (Å²) in [7, 11) is 0. The van der Waals surface area contributed by atoms with Gasteiger partial charge in [-0.05, 0) is 41.5 Å². The van der Waals surface area contributed by atoms with E-state index < -0.39 is 17.6 Å². The van der Waals surface area contributed by atoms with Gasteiger partial charge >= 0.3 is 6.18 Å². The van der Waals surface area contributed by atoms with Gasteiger partial charge in [-0.25, -0.2) is 0 Å². The van der Waals surface area contributed by atoms with Crippen LogP contribution in [0.1, 0.15) is 42.4 Å². The second-order valence-corrected chi connectivity index (χ2v) is 8.32. The maximum absolute atomic E-state index is 13.5. The standard InChI is InChI=1S/C17H16ClF3N8OS/c18-10-3-4-12(11(7-10)17(19,20)21)29-14(23-26-27-29)8-31-16-25-24-15(9-1-2-9)28(16)6-5-13(22)30/h3-4,7,9H,1-2,5-6,8H2,(H2,22,30). The molecule has 0 unspecified atom stereocenters. The number of nitrogens with two attached hydrogens (primary N) is 1. The predicted molar refractivity (Wildman–Crippen MR) is 105 cm³/mol. The number of aromatic nitrogens is 7. The number of carbonyl (C=O) groups excluding carboxylic acids is 1. The van der Waals surface area contributed by atoms with Crippen LogP contribution in [0.25, 0.3) is 5.69 Å². The van der Waals surface area contributed by atoms with E-state index >= 15 is 0 Å². The monoisotopic (exact) mass is 472 g/mol. The third kappa shape index (κ3) is 4.82. The molecule has 2 N–H and O–H groups in total. The van der Waals surface area contributed by atoms with Gasteiger partial charge in [0.1, 0.15) is 5.82 Å². The van der Waals surface area contributed by atoms with E-state index in [1.54, 1.807) is 0 Å². The minimum Gasteiger partial charge on any atom is -0.370 e. The molecule has 31 heavy (non-hydrogen) atoms. The van der Waals surface area contributed by atoms with E-state index in [9.17, 15) is 18.0 Å². The Balaban J connectivity index is 1.59. The molecule has 14 heteroatoms. The van der Waals surface area contributed by atoms with Gasteiger partial charge in [0.2, 0.25) is 5.91 Å². The third-order valence-electron chi connectivity index (χ3n) is 4.63. The number of nitrogens with zero attached hydrogens (tertiary/aromatic N) is 7. The number of hydrogen-bond acceptors (Lipinski definition) is 7. The molecule has 2 aromatic heterocycles. The van der Waals surface area contributed by atoms with E-state index in [0.717, 1.165) is 29.4 Å². The summed E-state index contributed by atoms with van der Waals surface area (Å²) in [6.07, 6.45) is -2.52. The molecule has 0 aliphatic heterocycles. The summed E-state index contributed by atoms with van der Waals surface area (Å²) in [5.41, 5.74) is 4.09. The molecule has 0 radical (unpaired) electrons. The number of amides is 1. The van der Waals surface area contributed by atoms with Crippen LogP contribution < -0.4 is 5.73 Å². The molecule has 1 amide bonds. The number of thioether (sulfide) groups is 1. The van der Waals surface area contributed by atoms with Crippen molar-refractivity contribution in [2.75, 3.05) is 0 Å². The molecule has 2 heterocycles. The highest BCUT2D eigenvalue weighted by atomic mass is 35.5. The summed E-state index contributed by atoms with van der Waals surface area (Å²) in [5, 5.41) is 20.0. The quantitative estimate of drug-likeness (QED) is 0.501. The minimum absolute atomic E-state index is 0.0461. The van der Waals surface area contributed by atoms with Gasteiger partial charge in [-0.1, -0.05) is 23.4 Å². The van der Waals surface area contributed by atoms with E-state index in [2.05, 4.69) is 25.7 Å². The van der Waals surface area contributed by atoms with Crippen molar-refractivity contribution >= 4 is 29.3 Å². The Hall–Kier alpha value is -2.67. The van der Waals surface area contributed by atoms with Crippen molar-refractivity contribution in [3.05, 3.63) is 40.4 Å². The molecule has 1 saturated carbocycles. The molecular formula is C17H16ClF3N8OS. The van der Waals surface area contributed by atoms with Gasteiger partial charge < -0.3 is 10.3 Å². The second-order valence-electron chi connectivity index (χ2n) is 6.94. The van der Waals surface area contributed by atoms with Crippen molar-refractivity contribution in [3.63, 3.8) is 0 Å². The Kier molecular flexibility index (Phi) is 5.88. The highest BCUT2D eigenvalue weighted by Gasteiger charge is 2.35. The number of rotatable bonds is 8. The largest absolute Gasteiger partial charge is 0.418 e. The summed E-state index contributed by atoms with van der Waals surface area (Å²) in [6, 6.07) is 3.39. The van der Waals surface area contributed by atoms with Crippen LogP contribution in [0.4, 0.5) is 13.2 Å². The lowest BCUT2D eigenvalue weighted by atomic mass is 10.1. The van der Waals surface area contributed by atoms with Crippen molar-refractivity contribution in [1.29, 1.82) is 0 Å². The zero-order valence-electron chi connectivity index (χ0n) is 15.9. The molecule has 0 atom stereocenters. The fraction of sp³-hybridized carbons (Fsp3) is 0.412. The van der Waals surface area contributed by atoms with Crippen LogP contribution in [0, 0.1) is 0 Å². The summed E-state index contributed by atoms with van der Waals surface area (Å²) < 4.78 is 43.3. The molecule has 1 aliphatic carbocycles. The van der Waals surface area contributed by atoms with Crippen LogP contribution in [-0.2, 0) is 23.3 Å². The van der Waals surface area contributed by atoms with Gasteiger partial charge in [-0.3, -0.25) is 4.79 Å². The van der Waals surface area contributed by atoms with Crippen LogP contribution in [0.5, 0.6) is 0 Å². The SMILES string of the molecule is NC(=O)CCn1c(SCc2nnnn2-c2ccc(Cl)cc2C(F)(F)F)nnc1C1CC1. The van der Waals surface area contributed by atoms with Gasteiger partial charge in [0.25, 0.3) is 0 Å². The van der Waals surface area contributed by atoms with E-state index in [1.807, 2.05) is 4.57 Å². The number of benzene rings is 1. The fourth-order valence-corrected chi connectivity index (χ4v) is 4.06. The Morgan fingerprint density at radius 1 is 1.26 bits per heavy atom. The van der Waals surface area contributed by atoms with Crippen LogP contribution in [-0.4, -0.2) is 40.9 Å². The Labute approximate surface area is 183 Å². The molecule has 164 valence electrons. The molecular weight excluding hydrogens is 457 g/mol. The molecule has 3 aromatic rings. The van der Waals surface area contributed by atoms with Crippen LogP contribution in [0.2, 0.25) is 5.02 Å². The molecule has 9 nitrogen and oxygen atoms in total. The summed E-state index contributed by atoms with van der Waals surface area (Å²) in [4.78, 5) is 11.2. The Morgan fingerprint density at radius 3 is 2.71 bits per heavy atom. The Bertz CT molecular complexity index is 1110. The number of hydrogen-bond donors (Lipinski definition) is 1. The highest BCUT2D eigenvalue weighted by molar-refractivity contribution is 7.98. The number of primary amides is 1. The number of carbonyl (C=O) groups is 1. The molecule has 1 fully saturated rings. The van der Waals surface area contributed by atoms with Crippen molar-refractivity contribution in [3.8, 4) is 5.69 Å². The zero-order valence-corrected chi connectivity index (χ0v) is 17.5. The maximum Gasteiger partial charge on any atom is 0.418 e. The van der Waals surface area contributed by atoms with Gasteiger partial charge in [0, 0.05) is 23.9 Å². The minimum atomic E-state index is -4.63. The average molecular weight is 473 g/mol. The zero-order chi connectivity index (χ0) is 22.2. The van der Waals surface area contributed by atoms with Crippen LogP contribution in [0.15, 0.2) is 23.4 Å². The first-order valence-electron chi connectivity index (χ1n) is 9.22. The van der Waals surface area contributed by atoms with Crippen LogP contribution >= 0.6 is 23.4 Å². The van der Waals surface area contributed by atoms with E-state index in [1.165, 1.54) is 23.9 Å². The van der Waals surface area contributed by atoms with Crippen molar-refractivity contribution < 1.29 is 18.0 Å². The molecule has 1 aliphatic rings. The number of tetrazole rings is 1. The normalized spacial score (nSPS) is 14.2. The Morgan fingerprint density at radius 2 is 2.03 bits per heavy atom. The second kappa shape index (κ2) is 8.46. The number of halogens is 4. The average Bonchev–Trinajstić information content (AvgIpc) is 3.30. The van der Waals surface area contributed by atoms with Crippen molar-refractivity contribution in [1.82, 2.24) is 35.0 Å². The molecule has 0 saturated heterocycles. The first kappa shape index (κ1) is 21.6. The van der Waals surface area contributed by atoms with E-state index in [0.29, 0.717) is 17.6 Å². The maximum atomic E-state index is 13.5. The van der Waals surface area contributed by atoms with Gasteiger partial charge in [-0.15, -0.1) is 15.3 Å².